The summed E-state index contributed by atoms with van der Waals surface area (Å²) < 4.78 is 12.2. The lowest BCUT2D eigenvalue weighted by molar-refractivity contribution is 0.300. The fourth-order valence-electron chi connectivity index (χ4n) is 2.15. The lowest BCUT2D eigenvalue weighted by Gasteiger charge is -2.14. The van der Waals surface area contributed by atoms with Crippen molar-refractivity contribution in [2.45, 2.75) is 20.5 Å². The summed E-state index contributed by atoms with van der Waals surface area (Å²) in [5.74, 6) is 1.70. The second-order valence-corrected chi connectivity index (χ2v) is 5.58. The lowest BCUT2D eigenvalue weighted by Crippen LogP contribution is -2.01. The molecule has 0 atom stereocenters. The number of nitrogen functional groups attached to an aromatic ring is 1. The number of anilines is 1. The summed E-state index contributed by atoms with van der Waals surface area (Å²) in [6.07, 6.45) is 0. The van der Waals surface area contributed by atoms with E-state index in [4.69, 9.17) is 15.2 Å². The van der Waals surface area contributed by atoms with Crippen molar-refractivity contribution >= 4 is 21.6 Å². The molecule has 0 bridgehead atoms. The van der Waals surface area contributed by atoms with Crippen molar-refractivity contribution in [3.05, 3.63) is 51.5 Å². The van der Waals surface area contributed by atoms with E-state index in [1.807, 2.05) is 44.2 Å². The van der Waals surface area contributed by atoms with Gasteiger partial charge in [0.1, 0.15) is 18.1 Å². The van der Waals surface area contributed by atoms with Gasteiger partial charge in [-0.1, -0.05) is 15.9 Å². The second kappa shape index (κ2) is 6.18. The van der Waals surface area contributed by atoms with E-state index in [2.05, 4.69) is 15.9 Å². The van der Waals surface area contributed by atoms with Gasteiger partial charge in [-0.15, -0.1) is 0 Å². The number of ether oxygens (including phenoxy) is 2. The van der Waals surface area contributed by atoms with Gasteiger partial charge in [0.05, 0.1) is 7.11 Å². The Morgan fingerprint density at radius 3 is 2.35 bits per heavy atom. The summed E-state index contributed by atoms with van der Waals surface area (Å²) in [5, 5.41) is 0. The zero-order chi connectivity index (χ0) is 14.7. The molecule has 2 rings (SSSR count). The Morgan fingerprint density at radius 2 is 1.75 bits per heavy atom. The highest BCUT2D eigenvalue weighted by Gasteiger charge is 2.08. The number of nitrogens with two attached hydrogens (primary N) is 1. The van der Waals surface area contributed by atoms with Crippen molar-refractivity contribution in [3.63, 3.8) is 0 Å². The van der Waals surface area contributed by atoms with Gasteiger partial charge < -0.3 is 15.2 Å². The number of methoxy groups -OCH3 is 1. The molecule has 0 heterocycles. The third-order valence-corrected chi connectivity index (χ3v) is 3.88. The smallest absolute Gasteiger partial charge is 0.125 e. The van der Waals surface area contributed by atoms with Crippen molar-refractivity contribution in [1.29, 1.82) is 0 Å². The quantitative estimate of drug-likeness (QED) is 0.850. The fourth-order valence-corrected chi connectivity index (χ4v) is 2.51. The molecule has 0 aromatic heterocycles. The van der Waals surface area contributed by atoms with Crippen LogP contribution in [0.3, 0.4) is 0 Å². The van der Waals surface area contributed by atoms with Crippen molar-refractivity contribution in [2.24, 2.45) is 0 Å². The maximum atomic E-state index is 5.95. The van der Waals surface area contributed by atoms with E-state index < -0.39 is 0 Å². The Kier molecular flexibility index (Phi) is 4.55. The van der Waals surface area contributed by atoms with E-state index in [0.29, 0.717) is 6.61 Å². The molecule has 0 amide bonds. The number of benzene rings is 2. The summed E-state index contributed by atoms with van der Waals surface area (Å²) in [5.41, 5.74) is 9.70. The Balaban J connectivity index is 2.21. The van der Waals surface area contributed by atoms with Crippen molar-refractivity contribution in [2.75, 3.05) is 12.8 Å². The zero-order valence-corrected chi connectivity index (χ0v) is 13.5. The molecule has 0 saturated heterocycles. The van der Waals surface area contributed by atoms with Gasteiger partial charge in [-0.2, -0.15) is 0 Å². The average Bonchev–Trinajstić information content (AvgIpc) is 2.39. The van der Waals surface area contributed by atoms with Crippen LogP contribution in [0.4, 0.5) is 5.69 Å². The van der Waals surface area contributed by atoms with Crippen LogP contribution < -0.4 is 15.2 Å². The van der Waals surface area contributed by atoms with Gasteiger partial charge in [0.2, 0.25) is 0 Å². The van der Waals surface area contributed by atoms with Crippen LogP contribution in [0.2, 0.25) is 0 Å². The van der Waals surface area contributed by atoms with Crippen molar-refractivity contribution in [3.8, 4) is 11.5 Å². The number of aryl methyl sites for hydroxylation is 2. The summed E-state index contributed by atoms with van der Waals surface area (Å²) in [6.45, 7) is 4.47. The molecule has 0 aliphatic rings. The maximum Gasteiger partial charge on any atom is 0.125 e. The highest BCUT2D eigenvalue weighted by Crippen LogP contribution is 2.29. The Bertz CT molecular complexity index is 603. The predicted molar refractivity (Wildman–Crippen MR) is 85.4 cm³/mol. The van der Waals surface area contributed by atoms with E-state index in [-0.39, 0.29) is 0 Å². The van der Waals surface area contributed by atoms with E-state index >= 15 is 0 Å². The van der Waals surface area contributed by atoms with Crippen LogP contribution in [0, 0.1) is 13.8 Å². The predicted octanol–water partition coefficient (Wildman–Crippen LogP) is 4.24. The first-order chi connectivity index (χ1) is 9.51. The van der Waals surface area contributed by atoms with Gasteiger partial charge in [0, 0.05) is 15.7 Å². The second-order valence-electron chi connectivity index (χ2n) is 4.73. The first-order valence-electron chi connectivity index (χ1n) is 6.33. The van der Waals surface area contributed by atoms with Gasteiger partial charge in [-0.3, -0.25) is 0 Å². The van der Waals surface area contributed by atoms with Crippen LogP contribution in [-0.4, -0.2) is 7.11 Å². The number of halogens is 1. The zero-order valence-electron chi connectivity index (χ0n) is 11.9. The van der Waals surface area contributed by atoms with Gasteiger partial charge >= 0.3 is 0 Å². The third kappa shape index (κ3) is 3.25. The molecule has 106 valence electrons. The van der Waals surface area contributed by atoms with Crippen LogP contribution in [0.15, 0.2) is 34.8 Å². The summed E-state index contributed by atoms with van der Waals surface area (Å²) in [6, 6.07) is 9.67. The standard InChI is InChI=1S/C16H18BrNO2/c1-10-6-13(18)7-11(2)16(10)20-9-12-8-14(19-3)4-5-15(12)17/h4-8H,9,18H2,1-3H3. The number of hydrogen-bond donors (Lipinski definition) is 1. The Hall–Kier alpha value is -1.68. The van der Waals surface area contributed by atoms with Gasteiger partial charge in [-0.25, -0.2) is 0 Å². The van der Waals surface area contributed by atoms with Crippen LogP contribution in [0.5, 0.6) is 11.5 Å². The number of rotatable bonds is 4. The van der Waals surface area contributed by atoms with E-state index in [1.54, 1.807) is 7.11 Å². The largest absolute Gasteiger partial charge is 0.497 e. The molecule has 0 radical (unpaired) electrons. The van der Waals surface area contributed by atoms with Crippen LogP contribution >= 0.6 is 15.9 Å². The van der Waals surface area contributed by atoms with E-state index in [1.165, 1.54) is 0 Å². The Labute approximate surface area is 127 Å². The molecular weight excluding hydrogens is 318 g/mol. The molecule has 0 saturated carbocycles. The molecule has 2 N–H and O–H groups in total. The molecular formula is C16H18BrNO2. The minimum absolute atomic E-state index is 0.476. The van der Waals surface area contributed by atoms with E-state index in [9.17, 15) is 0 Å². The molecule has 20 heavy (non-hydrogen) atoms. The molecule has 2 aromatic rings. The van der Waals surface area contributed by atoms with Crippen molar-refractivity contribution in [1.82, 2.24) is 0 Å². The van der Waals surface area contributed by atoms with E-state index in [0.717, 1.165) is 38.3 Å². The molecule has 0 unspecified atom stereocenters. The highest BCUT2D eigenvalue weighted by atomic mass is 79.9. The first-order valence-corrected chi connectivity index (χ1v) is 7.12. The minimum Gasteiger partial charge on any atom is -0.497 e. The summed E-state index contributed by atoms with van der Waals surface area (Å²) >= 11 is 3.53. The number of hydrogen-bond acceptors (Lipinski definition) is 3. The molecule has 0 aliphatic heterocycles. The molecule has 4 heteroatoms. The van der Waals surface area contributed by atoms with Crippen LogP contribution in [-0.2, 0) is 6.61 Å². The lowest BCUT2D eigenvalue weighted by atomic mass is 10.1. The van der Waals surface area contributed by atoms with Gasteiger partial charge in [0.15, 0.2) is 0 Å². The molecule has 3 nitrogen and oxygen atoms in total. The third-order valence-electron chi connectivity index (χ3n) is 3.11. The molecule has 2 aromatic carbocycles. The van der Waals surface area contributed by atoms with Gasteiger partial charge in [0.25, 0.3) is 0 Å². The van der Waals surface area contributed by atoms with Gasteiger partial charge in [-0.05, 0) is 55.3 Å². The van der Waals surface area contributed by atoms with Crippen LogP contribution in [0.25, 0.3) is 0 Å². The SMILES string of the molecule is COc1ccc(Br)c(COc2c(C)cc(N)cc2C)c1. The molecule has 0 fully saturated rings. The summed E-state index contributed by atoms with van der Waals surface area (Å²) in [7, 11) is 1.65. The topological polar surface area (TPSA) is 44.5 Å². The maximum absolute atomic E-state index is 5.95. The monoisotopic (exact) mass is 335 g/mol. The molecule has 0 spiro atoms. The minimum atomic E-state index is 0.476. The summed E-state index contributed by atoms with van der Waals surface area (Å²) in [4.78, 5) is 0. The average molecular weight is 336 g/mol. The normalized spacial score (nSPS) is 10.4. The first kappa shape index (κ1) is 14.7. The van der Waals surface area contributed by atoms with Crippen molar-refractivity contribution < 1.29 is 9.47 Å². The molecule has 0 aliphatic carbocycles. The Morgan fingerprint density at radius 1 is 1.10 bits per heavy atom. The highest BCUT2D eigenvalue weighted by molar-refractivity contribution is 9.10. The fraction of sp³-hybridized carbons (Fsp3) is 0.250. The van der Waals surface area contributed by atoms with Crippen LogP contribution in [0.1, 0.15) is 16.7 Å².